The van der Waals surface area contributed by atoms with Gasteiger partial charge in [-0.05, 0) is 0 Å². The Morgan fingerprint density at radius 2 is 1.67 bits per heavy atom. The van der Waals surface area contributed by atoms with Crippen LogP contribution in [0.25, 0.3) is 0 Å². The Hall–Kier alpha value is 0.519. The van der Waals surface area contributed by atoms with Crippen LogP contribution in [0.2, 0.25) is 0 Å². The fourth-order valence-corrected chi connectivity index (χ4v) is 1.48. The standard InChI is InChI=1S/C8H15.Fe/c1-2-8-6-4-3-5-7-8;/h8H,1-7H2;/q-1;. The van der Waals surface area contributed by atoms with E-state index in [4.69, 9.17) is 0 Å². The topological polar surface area (TPSA) is 0 Å². The fraction of sp³-hybridized carbons (Fsp3) is 0.875. The smallest absolute Gasteiger partial charge is 0 e. The molecule has 0 spiro atoms. The molecule has 1 saturated carbocycles. The summed E-state index contributed by atoms with van der Waals surface area (Å²) in [4.78, 5) is 0. The molecule has 0 radical (unpaired) electrons. The Kier molecular flexibility index (Phi) is 5.62. The van der Waals surface area contributed by atoms with E-state index in [-0.39, 0.29) is 17.1 Å². The van der Waals surface area contributed by atoms with Crippen molar-refractivity contribution >= 4 is 0 Å². The number of hydrogen-bond donors (Lipinski definition) is 0. The Morgan fingerprint density at radius 3 is 2.00 bits per heavy atom. The summed E-state index contributed by atoms with van der Waals surface area (Å²) in [5.41, 5.74) is 0. The van der Waals surface area contributed by atoms with Gasteiger partial charge in [-0.2, -0.15) is 6.42 Å². The van der Waals surface area contributed by atoms with Crippen molar-refractivity contribution in [3.8, 4) is 0 Å². The summed E-state index contributed by atoms with van der Waals surface area (Å²) in [6.07, 6.45) is 8.45. The summed E-state index contributed by atoms with van der Waals surface area (Å²) < 4.78 is 0. The SMILES string of the molecule is [CH2-]CC1CCCCC1.[Fe]. The van der Waals surface area contributed by atoms with Crippen LogP contribution >= 0.6 is 0 Å². The third kappa shape index (κ3) is 3.27. The summed E-state index contributed by atoms with van der Waals surface area (Å²) in [6.45, 7) is 3.91. The Bertz CT molecular complexity index is 55.6. The monoisotopic (exact) mass is 167 g/mol. The van der Waals surface area contributed by atoms with Gasteiger partial charge in [0.1, 0.15) is 0 Å². The summed E-state index contributed by atoms with van der Waals surface area (Å²) >= 11 is 0. The van der Waals surface area contributed by atoms with Gasteiger partial charge in [-0.25, -0.2) is 0 Å². The van der Waals surface area contributed by atoms with Crippen LogP contribution in [0.5, 0.6) is 0 Å². The summed E-state index contributed by atoms with van der Waals surface area (Å²) in [5, 5.41) is 0. The van der Waals surface area contributed by atoms with Crippen LogP contribution in [0.3, 0.4) is 0 Å². The first kappa shape index (κ1) is 9.52. The zero-order valence-corrected chi connectivity index (χ0v) is 6.98. The van der Waals surface area contributed by atoms with Crippen molar-refractivity contribution in [2.75, 3.05) is 0 Å². The summed E-state index contributed by atoms with van der Waals surface area (Å²) in [7, 11) is 0. The van der Waals surface area contributed by atoms with Gasteiger partial charge in [0.05, 0.1) is 0 Å². The molecule has 0 aromatic carbocycles. The Morgan fingerprint density at radius 1 is 1.11 bits per heavy atom. The molecule has 0 amide bonds. The van der Waals surface area contributed by atoms with Crippen LogP contribution in [0.15, 0.2) is 0 Å². The zero-order valence-electron chi connectivity index (χ0n) is 5.88. The number of hydrogen-bond acceptors (Lipinski definition) is 0. The van der Waals surface area contributed by atoms with Crippen molar-refractivity contribution in [2.24, 2.45) is 5.92 Å². The molecule has 1 heteroatoms. The van der Waals surface area contributed by atoms with Gasteiger partial charge < -0.3 is 6.92 Å². The van der Waals surface area contributed by atoms with E-state index in [1.54, 1.807) is 0 Å². The molecular formula is C8H15Fe-. The van der Waals surface area contributed by atoms with Crippen LogP contribution < -0.4 is 0 Å². The second-order valence-corrected chi connectivity index (χ2v) is 2.79. The maximum atomic E-state index is 3.91. The molecule has 1 aliphatic carbocycles. The zero-order chi connectivity index (χ0) is 5.82. The van der Waals surface area contributed by atoms with E-state index in [1.165, 1.54) is 38.5 Å². The quantitative estimate of drug-likeness (QED) is 0.416. The molecule has 0 aromatic heterocycles. The van der Waals surface area contributed by atoms with Crippen LogP contribution in [-0.4, -0.2) is 0 Å². The maximum Gasteiger partial charge on any atom is 0 e. The first-order valence-corrected chi connectivity index (χ1v) is 3.72. The molecule has 1 fully saturated rings. The van der Waals surface area contributed by atoms with Crippen molar-refractivity contribution in [2.45, 2.75) is 38.5 Å². The molecule has 0 heterocycles. The van der Waals surface area contributed by atoms with Crippen molar-refractivity contribution in [3.63, 3.8) is 0 Å². The van der Waals surface area contributed by atoms with Gasteiger partial charge in [0.25, 0.3) is 0 Å². The van der Waals surface area contributed by atoms with Crippen LogP contribution in [-0.2, 0) is 17.1 Å². The molecule has 56 valence electrons. The van der Waals surface area contributed by atoms with Gasteiger partial charge in [-0.15, -0.1) is 0 Å². The van der Waals surface area contributed by atoms with E-state index >= 15 is 0 Å². The molecule has 1 rings (SSSR count). The molecule has 1 aliphatic rings. The molecule has 0 N–H and O–H groups in total. The molecule has 9 heavy (non-hydrogen) atoms. The minimum atomic E-state index is 0. The largest absolute Gasteiger partial charge is 0.343 e. The third-order valence-corrected chi connectivity index (χ3v) is 2.13. The predicted molar refractivity (Wildman–Crippen MR) is 36.5 cm³/mol. The normalized spacial score (nSPS) is 21.0. The first-order chi connectivity index (χ1) is 3.93. The number of rotatable bonds is 1. The van der Waals surface area contributed by atoms with E-state index in [2.05, 4.69) is 6.92 Å². The van der Waals surface area contributed by atoms with Gasteiger partial charge in [0, 0.05) is 17.1 Å². The van der Waals surface area contributed by atoms with Crippen LogP contribution in [0.4, 0.5) is 0 Å². The van der Waals surface area contributed by atoms with Gasteiger partial charge in [-0.3, -0.25) is 0 Å². The van der Waals surface area contributed by atoms with Crippen molar-refractivity contribution in [1.29, 1.82) is 0 Å². The molecular weight excluding hydrogens is 152 g/mol. The van der Waals surface area contributed by atoms with Crippen LogP contribution in [0.1, 0.15) is 38.5 Å². The van der Waals surface area contributed by atoms with Gasteiger partial charge in [0.2, 0.25) is 0 Å². The van der Waals surface area contributed by atoms with Crippen molar-refractivity contribution in [1.82, 2.24) is 0 Å². The fourth-order valence-electron chi connectivity index (χ4n) is 1.48. The second kappa shape index (κ2) is 5.32. The van der Waals surface area contributed by atoms with Crippen molar-refractivity contribution < 1.29 is 17.1 Å². The second-order valence-electron chi connectivity index (χ2n) is 2.79. The van der Waals surface area contributed by atoms with E-state index < -0.39 is 0 Å². The Balaban J connectivity index is 0.000000640. The molecule has 0 bridgehead atoms. The average Bonchev–Trinajstić information content (AvgIpc) is 1.90. The minimum absolute atomic E-state index is 0. The van der Waals surface area contributed by atoms with Gasteiger partial charge >= 0.3 is 0 Å². The molecule has 0 nitrogen and oxygen atoms in total. The van der Waals surface area contributed by atoms with Crippen molar-refractivity contribution in [3.05, 3.63) is 6.92 Å². The van der Waals surface area contributed by atoms with E-state index in [9.17, 15) is 0 Å². The Labute approximate surface area is 68.9 Å². The maximum absolute atomic E-state index is 3.91. The third-order valence-electron chi connectivity index (χ3n) is 2.13. The molecule has 0 aliphatic heterocycles. The molecule has 0 saturated heterocycles. The molecule has 0 unspecified atom stereocenters. The summed E-state index contributed by atoms with van der Waals surface area (Å²) in [5.74, 6) is 0.976. The first-order valence-electron chi connectivity index (χ1n) is 3.72. The van der Waals surface area contributed by atoms with E-state index in [0.717, 1.165) is 5.92 Å². The van der Waals surface area contributed by atoms with E-state index in [1.807, 2.05) is 0 Å². The van der Waals surface area contributed by atoms with Gasteiger partial charge in [0.15, 0.2) is 0 Å². The minimum Gasteiger partial charge on any atom is -0.343 e. The molecule has 0 atom stereocenters. The summed E-state index contributed by atoms with van der Waals surface area (Å²) in [6, 6.07) is 0. The average molecular weight is 167 g/mol. The van der Waals surface area contributed by atoms with Gasteiger partial charge in [-0.1, -0.05) is 38.0 Å². The van der Waals surface area contributed by atoms with Crippen LogP contribution in [0, 0.1) is 12.8 Å². The van der Waals surface area contributed by atoms with E-state index in [0.29, 0.717) is 0 Å². The predicted octanol–water partition coefficient (Wildman–Crippen LogP) is 2.79. The molecule has 0 aromatic rings.